The summed E-state index contributed by atoms with van der Waals surface area (Å²) in [6.07, 6.45) is 2.26. The van der Waals surface area contributed by atoms with Gasteiger partial charge in [0.05, 0.1) is 11.0 Å². The van der Waals surface area contributed by atoms with Crippen molar-refractivity contribution < 1.29 is 9.00 Å². The van der Waals surface area contributed by atoms with E-state index in [2.05, 4.69) is 5.32 Å². The second-order valence-electron chi connectivity index (χ2n) is 8.28. The summed E-state index contributed by atoms with van der Waals surface area (Å²) in [4.78, 5) is 17.6. The van der Waals surface area contributed by atoms with E-state index in [1.807, 2.05) is 83.4 Å². The molecule has 32 heavy (non-hydrogen) atoms. The van der Waals surface area contributed by atoms with Crippen molar-refractivity contribution in [3.05, 3.63) is 95.8 Å². The third-order valence-electron chi connectivity index (χ3n) is 5.64. The van der Waals surface area contributed by atoms with E-state index in [-0.39, 0.29) is 12.5 Å². The molecule has 1 fully saturated rings. The molecule has 0 radical (unpaired) electrons. The van der Waals surface area contributed by atoms with Crippen molar-refractivity contribution in [1.29, 1.82) is 0 Å². The van der Waals surface area contributed by atoms with Gasteiger partial charge in [-0.05, 0) is 48.2 Å². The van der Waals surface area contributed by atoms with Gasteiger partial charge in [-0.2, -0.15) is 0 Å². The zero-order chi connectivity index (χ0) is 21.9. The van der Waals surface area contributed by atoms with Gasteiger partial charge in [0, 0.05) is 33.9 Å². The summed E-state index contributed by atoms with van der Waals surface area (Å²) in [6.45, 7) is 0.233. The Labute approximate surface area is 190 Å². The molecule has 6 heteroatoms. The number of nitrogens with zero attached hydrogens (tertiary/aromatic N) is 2. The van der Waals surface area contributed by atoms with Crippen LogP contribution < -0.4 is 5.32 Å². The zero-order valence-corrected chi connectivity index (χ0v) is 18.6. The molecule has 1 aliphatic rings. The molecule has 1 atom stereocenters. The summed E-state index contributed by atoms with van der Waals surface area (Å²) in [7, 11) is -1.01. The van der Waals surface area contributed by atoms with E-state index in [9.17, 15) is 9.00 Å². The number of anilines is 1. The lowest BCUT2D eigenvalue weighted by Gasteiger charge is -2.11. The fraction of sp³-hybridized carbons (Fsp3) is 0.231. The van der Waals surface area contributed by atoms with Crippen molar-refractivity contribution in [2.75, 3.05) is 5.32 Å². The van der Waals surface area contributed by atoms with Gasteiger partial charge < -0.3 is 9.88 Å². The minimum absolute atomic E-state index is 0.0855. The summed E-state index contributed by atoms with van der Waals surface area (Å²) in [5, 5.41) is 3.01. The number of fused-ring (bicyclic) bond motifs is 1. The maximum Gasteiger partial charge on any atom is 0.244 e. The first-order valence-electron chi connectivity index (χ1n) is 10.9. The molecule has 162 valence electrons. The monoisotopic (exact) mass is 443 g/mol. The van der Waals surface area contributed by atoms with E-state index < -0.39 is 10.8 Å². The van der Waals surface area contributed by atoms with Crippen LogP contribution in [0.4, 0.5) is 5.69 Å². The first kappa shape index (κ1) is 20.6. The van der Waals surface area contributed by atoms with Crippen LogP contribution in [-0.2, 0) is 33.6 Å². The van der Waals surface area contributed by atoms with E-state index >= 15 is 0 Å². The topological polar surface area (TPSA) is 64.0 Å². The molecule has 3 aromatic carbocycles. The van der Waals surface area contributed by atoms with Crippen LogP contribution in [-0.4, -0.2) is 19.7 Å². The summed E-state index contributed by atoms with van der Waals surface area (Å²) >= 11 is 0. The molecule has 1 amide bonds. The highest BCUT2D eigenvalue weighted by atomic mass is 32.2. The van der Waals surface area contributed by atoms with Crippen molar-refractivity contribution in [3.63, 3.8) is 0 Å². The third kappa shape index (κ3) is 4.81. The van der Waals surface area contributed by atoms with E-state index in [4.69, 9.17) is 4.98 Å². The lowest BCUT2D eigenvalue weighted by molar-refractivity contribution is -0.116. The Morgan fingerprint density at radius 2 is 1.66 bits per heavy atom. The standard InChI is InChI=1S/C26H25N3O2S/c30-25(16-29-24-12-5-4-11-23(24)28-26(29)21-13-14-21)27-22-10-6-9-20(15-22)18-32(31)17-19-7-2-1-3-8-19/h1-12,15,21H,13-14,16-18H2,(H,27,30). The van der Waals surface area contributed by atoms with Crippen LogP contribution in [0.2, 0.25) is 0 Å². The third-order valence-corrected chi connectivity index (χ3v) is 6.95. The molecular weight excluding hydrogens is 418 g/mol. The Morgan fingerprint density at radius 1 is 0.938 bits per heavy atom. The SMILES string of the molecule is O=C(Cn1c(C2CC2)nc2ccccc21)Nc1cccc(CS(=O)Cc2ccccc2)c1. The molecule has 0 saturated heterocycles. The van der Waals surface area contributed by atoms with Gasteiger partial charge in [0.15, 0.2) is 0 Å². The molecule has 0 aliphatic heterocycles. The number of rotatable bonds is 8. The molecule has 0 bridgehead atoms. The Hall–Kier alpha value is -3.25. The minimum atomic E-state index is -1.01. The summed E-state index contributed by atoms with van der Waals surface area (Å²) in [6, 6.07) is 25.5. The van der Waals surface area contributed by atoms with Crippen LogP contribution in [0.15, 0.2) is 78.9 Å². The summed E-state index contributed by atoms with van der Waals surface area (Å²) < 4.78 is 14.6. The molecule has 5 rings (SSSR count). The highest BCUT2D eigenvalue weighted by Gasteiger charge is 2.30. The van der Waals surface area contributed by atoms with Crippen LogP contribution in [0.1, 0.15) is 35.7 Å². The van der Waals surface area contributed by atoms with E-state index in [1.165, 1.54) is 0 Å². The zero-order valence-electron chi connectivity index (χ0n) is 17.7. The van der Waals surface area contributed by atoms with Gasteiger partial charge in [0.25, 0.3) is 0 Å². The number of hydrogen-bond donors (Lipinski definition) is 1. The smallest absolute Gasteiger partial charge is 0.244 e. The number of para-hydroxylation sites is 2. The van der Waals surface area contributed by atoms with Gasteiger partial charge in [0.1, 0.15) is 12.4 Å². The molecule has 1 heterocycles. The van der Waals surface area contributed by atoms with Gasteiger partial charge in [-0.15, -0.1) is 0 Å². The number of carbonyl (C=O) groups is 1. The molecule has 4 aromatic rings. The number of hydrogen-bond acceptors (Lipinski definition) is 3. The molecular formula is C26H25N3O2S. The molecule has 1 aliphatic carbocycles. The molecule has 1 aromatic heterocycles. The number of carbonyl (C=O) groups excluding carboxylic acids is 1. The summed E-state index contributed by atoms with van der Waals surface area (Å²) in [5.41, 5.74) is 4.67. The predicted molar refractivity (Wildman–Crippen MR) is 129 cm³/mol. The number of imidazole rings is 1. The van der Waals surface area contributed by atoms with Gasteiger partial charge in [-0.25, -0.2) is 4.98 Å². The van der Waals surface area contributed by atoms with Gasteiger partial charge >= 0.3 is 0 Å². The van der Waals surface area contributed by atoms with Gasteiger partial charge in [-0.1, -0.05) is 54.6 Å². The van der Waals surface area contributed by atoms with Crippen LogP contribution in [0, 0.1) is 0 Å². The molecule has 1 saturated carbocycles. The van der Waals surface area contributed by atoms with E-state index in [1.54, 1.807) is 0 Å². The average Bonchev–Trinajstić information content (AvgIpc) is 3.57. The molecule has 0 spiro atoms. The van der Waals surface area contributed by atoms with Crippen molar-refractivity contribution in [1.82, 2.24) is 9.55 Å². The number of benzene rings is 3. The largest absolute Gasteiger partial charge is 0.325 e. The Morgan fingerprint density at radius 3 is 2.47 bits per heavy atom. The fourth-order valence-corrected chi connectivity index (χ4v) is 5.21. The van der Waals surface area contributed by atoms with Crippen molar-refractivity contribution in [2.24, 2.45) is 0 Å². The van der Waals surface area contributed by atoms with E-state index in [0.29, 0.717) is 17.4 Å². The fourth-order valence-electron chi connectivity index (χ4n) is 3.99. The maximum absolute atomic E-state index is 12.9. The second kappa shape index (κ2) is 9.09. The predicted octanol–water partition coefficient (Wildman–Crippen LogP) is 5.00. The lowest BCUT2D eigenvalue weighted by Crippen LogP contribution is -2.20. The van der Waals surface area contributed by atoms with Crippen molar-refractivity contribution in [2.45, 2.75) is 36.8 Å². The van der Waals surface area contributed by atoms with Gasteiger partial charge in [0.2, 0.25) is 5.91 Å². The number of aromatic nitrogens is 2. The Bertz CT molecular complexity index is 1280. The first-order chi connectivity index (χ1) is 15.7. The van der Waals surface area contributed by atoms with Crippen LogP contribution in [0.25, 0.3) is 11.0 Å². The highest BCUT2D eigenvalue weighted by Crippen LogP contribution is 2.40. The van der Waals surface area contributed by atoms with Crippen molar-refractivity contribution >= 4 is 33.4 Å². The number of amides is 1. The molecule has 1 N–H and O–H groups in total. The Kier molecular flexibility index (Phi) is 5.86. The highest BCUT2D eigenvalue weighted by molar-refractivity contribution is 7.83. The molecule has 5 nitrogen and oxygen atoms in total. The van der Waals surface area contributed by atoms with Crippen molar-refractivity contribution in [3.8, 4) is 0 Å². The molecule has 1 unspecified atom stereocenters. The lowest BCUT2D eigenvalue weighted by atomic mass is 10.2. The van der Waals surface area contributed by atoms with Crippen LogP contribution >= 0.6 is 0 Å². The first-order valence-corrected chi connectivity index (χ1v) is 12.4. The van der Waals surface area contributed by atoms with Crippen LogP contribution in [0.3, 0.4) is 0 Å². The average molecular weight is 444 g/mol. The minimum Gasteiger partial charge on any atom is -0.325 e. The van der Waals surface area contributed by atoms with Crippen LogP contribution in [0.5, 0.6) is 0 Å². The number of nitrogens with one attached hydrogen (secondary N) is 1. The maximum atomic E-state index is 12.9. The van der Waals surface area contributed by atoms with Gasteiger partial charge in [-0.3, -0.25) is 9.00 Å². The normalized spacial score (nSPS) is 14.4. The summed E-state index contributed by atoms with van der Waals surface area (Å²) in [5.74, 6) is 2.35. The Balaban J connectivity index is 1.26. The quantitative estimate of drug-likeness (QED) is 0.417. The van der Waals surface area contributed by atoms with E-state index in [0.717, 1.165) is 46.5 Å². The second-order valence-corrected chi connectivity index (χ2v) is 9.74.